The van der Waals surface area contributed by atoms with Gasteiger partial charge >= 0.3 is 0 Å². The lowest BCUT2D eigenvalue weighted by Gasteiger charge is -2.18. The Bertz CT molecular complexity index is 458. The molecule has 0 spiro atoms. The number of methoxy groups -OCH3 is 1. The zero-order chi connectivity index (χ0) is 14.6. The number of nitrogens with two attached hydrogens (primary N) is 1. The maximum Gasteiger partial charge on any atom is 0.251 e. The summed E-state index contributed by atoms with van der Waals surface area (Å²) in [5, 5.41) is 1.59. The molecule has 0 saturated heterocycles. The van der Waals surface area contributed by atoms with Crippen molar-refractivity contribution in [3.63, 3.8) is 0 Å². The van der Waals surface area contributed by atoms with Crippen LogP contribution in [0.4, 0.5) is 0 Å². The lowest BCUT2D eigenvalue weighted by atomic mass is 9.97. The Balaban J connectivity index is 2.83. The topological polar surface area (TPSA) is 67.6 Å². The highest BCUT2D eigenvalue weighted by Crippen LogP contribution is 2.24. The molecule has 0 bridgehead atoms. The fourth-order valence-electron chi connectivity index (χ4n) is 1.93. The summed E-state index contributed by atoms with van der Waals surface area (Å²) in [5.41, 5.74) is 11.9. The number of rotatable bonds is 5. The van der Waals surface area contributed by atoms with Gasteiger partial charge in [-0.2, -0.15) is 0 Å². The van der Waals surface area contributed by atoms with Crippen molar-refractivity contribution in [1.29, 1.82) is 0 Å². The van der Waals surface area contributed by atoms with Crippen LogP contribution in [0.5, 0.6) is 5.75 Å². The first-order valence-electron chi connectivity index (χ1n) is 6.23. The van der Waals surface area contributed by atoms with Gasteiger partial charge in [0.1, 0.15) is 5.75 Å². The summed E-state index contributed by atoms with van der Waals surface area (Å²) in [6, 6.07) is 3.31. The van der Waals surface area contributed by atoms with Gasteiger partial charge in [0, 0.05) is 14.1 Å². The van der Waals surface area contributed by atoms with E-state index in [1.54, 1.807) is 26.2 Å². The van der Waals surface area contributed by atoms with Gasteiger partial charge in [-0.25, -0.2) is 5.01 Å². The van der Waals surface area contributed by atoms with Gasteiger partial charge in [0.2, 0.25) is 0 Å². The van der Waals surface area contributed by atoms with Crippen LogP contribution >= 0.6 is 0 Å². The Morgan fingerprint density at radius 2 is 2.00 bits per heavy atom. The summed E-state index contributed by atoms with van der Waals surface area (Å²) in [6.07, 6.45) is 0.510. The number of carbonyl (C=O) groups excluding carboxylic acids is 1. The summed E-state index contributed by atoms with van der Waals surface area (Å²) < 4.78 is 5.27. The van der Waals surface area contributed by atoms with E-state index in [0.717, 1.165) is 22.4 Å². The minimum Gasteiger partial charge on any atom is -0.496 e. The summed E-state index contributed by atoms with van der Waals surface area (Å²) in [6.45, 7) is 4.02. The molecule has 3 N–H and O–H groups in total. The third kappa shape index (κ3) is 3.94. The molecule has 1 unspecified atom stereocenters. The molecule has 1 aromatic carbocycles. The maximum absolute atomic E-state index is 11.8. The molecule has 0 fully saturated rings. The predicted octanol–water partition coefficient (Wildman–Crippen LogP) is 0.775. The third-order valence-corrected chi connectivity index (χ3v) is 3.18. The lowest BCUT2D eigenvalue weighted by molar-refractivity contribution is -0.126. The van der Waals surface area contributed by atoms with Crippen LogP contribution in [0.2, 0.25) is 0 Å². The molecule has 5 heteroatoms. The second kappa shape index (κ2) is 6.54. The van der Waals surface area contributed by atoms with E-state index in [-0.39, 0.29) is 5.91 Å². The molecule has 106 valence electrons. The van der Waals surface area contributed by atoms with Gasteiger partial charge in [-0.15, -0.1) is 0 Å². The van der Waals surface area contributed by atoms with Crippen molar-refractivity contribution >= 4 is 5.91 Å². The number of ether oxygens (including phenoxy) is 1. The van der Waals surface area contributed by atoms with Crippen molar-refractivity contribution in [3.8, 4) is 5.75 Å². The molecule has 1 atom stereocenters. The van der Waals surface area contributed by atoms with Crippen LogP contribution in [-0.4, -0.2) is 38.2 Å². The molecule has 0 aromatic heterocycles. The van der Waals surface area contributed by atoms with Crippen LogP contribution in [-0.2, 0) is 11.2 Å². The van der Waals surface area contributed by atoms with Crippen molar-refractivity contribution in [2.45, 2.75) is 26.3 Å². The number of carbonyl (C=O) groups is 1. The number of amides is 1. The molecule has 0 heterocycles. The molecule has 5 nitrogen and oxygen atoms in total. The van der Waals surface area contributed by atoms with Gasteiger partial charge in [0.15, 0.2) is 0 Å². The average Bonchev–Trinajstić information content (AvgIpc) is 2.34. The van der Waals surface area contributed by atoms with Crippen molar-refractivity contribution in [3.05, 3.63) is 28.8 Å². The molecule has 0 aliphatic carbocycles. The van der Waals surface area contributed by atoms with Crippen LogP contribution in [0.1, 0.15) is 16.7 Å². The molecule has 0 radical (unpaired) electrons. The zero-order valence-electron chi connectivity index (χ0n) is 12.3. The van der Waals surface area contributed by atoms with E-state index in [2.05, 4.69) is 5.43 Å². The molecule has 1 aromatic rings. The zero-order valence-corrected chi connectivity index (χ0v) is 12.3. The molecule has 0 aliphatic heterocycles. The second-order valence-corrected chi connectivity index (χ2v) is 4.86. The molecule has 0 aliphatic rings. The smallest absolute Gasteiger partial charge is 0.251 e. The molecule has 19 heavy (non-hydrogen) atoms. The quantitative estimate of drug-likeness (QED) is 0.772. The minimum atomic E-state index is -0.561. The normalized spacial score (nSPS) is 12.4. The molecule has 0 saturated carbocycles. The summed E-state index contributed by atoms with van der Waals surface area (Å²) >= 11 is 0. The Hall–Kier alpha value is -1.59. The number of hydrogen-bond donors (Lipinski definition) is 2. The van der Waals surface area contributed by atoms with Crippen molar-refractivity contribution in [1.82, 2.24) is 10.4 Å². The van der Waals surface area contributed by atoms with Gasteiger partial charge in [-0.1, -0.05) is 6.07 Å². The van der Waals surface area contributed by atoms with Gasteiger partial charge in [0.05, 0.1) is 13.2 Å². The molecular formula is C14H23N3O2. The number of hydrazine groups is 1. The van der Waals surface area contributed by atoms with Gasteiger partial charge in [0.25, 0.3) is 5.91 Å². The van der Waals surface area contributed by atoms with E-state index in [4.69, 9.17) is 10.5 Å². The fourth-order valence-corrected chi connectivity index (χ4v) is 1.93. The average molecular weight is 265 g/mol. The first kappa shape index (κ1) is 15.5. The number of nitrogens with one attached hydrogen (secondary N) is 1. The van der Waals surface area contributed by atoms with E-state index in [1.807, 2.05) is 26.0 Å². The Labute approximate surface area is 114 Å². The van der Waals surface area contributed by atoms with Crippen molar-refractivity contribution in [2.24, 2.45) is 5.73 Å². The van der Waals surface area contributed by atoms with E-state index in [1.165, 1.54) is 0 Å². The summed E-state index contributed by atoms with van der Waals surface area (Å²) in [4.78, 5) is 11.8. The highest BCUT2D eigenvalue weighted by molar-refractivity contribution is 5.81. The van der Waals surface area contributed by atoms with E-state index in [9.17, 15) is 4.79 Å². The van der Waals surface area contributed by atoms with Gasteiger partial charge in [-0.05, 0) is 43.0 Å². The summed E-state index contributed by atoms with van der Waals surface area (Å²) in [7, 11) is 5.17. The van der Waals surface area contributed by atoms with Crippen LogP contribution in [0.3, 0.4) is 0 Å². The Morgan fingerprint density at radius 3 is 2.53 bits per heavy atom. The summed E-state index contributed by atoms with van der Waals surface area (Å²) in [5.74, 6) is 0.672. The van der Waals surface area contributed by atoms with Crippen LogP contribution in [0.25, 0.3) is 0 Å². The van der Waals surface area contributed by atoms with E-state index < -0.39 is 6.04 Å². The van der Waals surface area contributed by atoms with Crippen LogP contribution < -0.4 is 15.9 Å². The highest BCUT2D eigenvalue weighted by Gasteiger charge is 2.16. The number of benzene rings is 1. The largest absolute Gasteiger partial charge is 0.496 e. The Kier molecular flexibility index (Phi) is 5.32. The van der Waals surface area contributed by atoms with E-state index >= 15 is 0 Å². The van der Waals surface area contributed by atoms with E-state index in [0.29, 0.717) is 6.42 Å². The first-order chi connectivity index (χ1) is 8.86. The van der Waals surface area contributed by atoms with Crippen molar-refractivity contribution in [2.75, 3.05) is 21.2 Å². The molecule has 1 amide bonds. The standard InChI is InChI=1S/C14H23N3O2/c1-9-10(2)13(19-5)7-6-11(9)8-12(15)14(18)16-17(3)4/h6-7,12H,8,15H2,1-5H3,(H,16,18). The predicted molar refractivity (Wildman–Crippen MR) is 76.0 cm³/mol. The minimum absolute atomic E-state index is 0.183. The monoisotopic (exact) mass is 265 g/mol. The SMILES string of the molecule is COc1ccc(CC(N)C(=O)NN(C)C)c(C)c1C. The highest BCUT2D eigenvalue weighted by atomic mass is 16.5. The second-order valence-electron chi connectivity index (χ2n) is 4.86. The fraction of sp³-hybridized carbons (Fsp3) is 0.500. The van der Waals surface area contributed by atoms with Gasteiger partial charge in [-0.3, -0.25) is 10.2 Å². The lowest BCUT2D eigenvalue weighted by Crippen LogP contribution is -2.47. The van der Waals surface area contributed by atoms with Crippen LogP contribution in [0, 0.1) is 13.8 Å². The van der Waals surface area contributed by atoms with Crippen LogP contribution in [0.15, 0.2) is 12.1 Å². The molecule has 1 rings (SSSR count). The van der Waals surface area contributed by atoms with Gasteiger partial charge < -0.3 is 10.5 Å². The first-order valence-corrected chi connectivity index (χ1v) is 6.23. The number of hydrogen-bond acceptors (Lipinski definition) is 4. The maximum atomic E-state index is 11.8. The third-order valence-electron chi connectivity index (χ3n) is 3.18. The molecular weight excluding hydrogens is 242 g/mol. The van der Waals surface area contributed by atoms with Crippen molar-refractivity contribution < 1.29 is 9.53 Å². The number of nitrogens with zero attached hydrogens (tertiary/aromatic N) is 1. The Morgan fingerprint density at radius 1 is 1.37 bits per heavy atom.